The molecule has 0 amide bonds. The first-order valence-corrected chi connectivity index (χ1v) is 7.65. The van der Waals surface area contributed by atoms with Gasteiger partial charge in [-0.15, -0.1) is 0 Å². The fraction of sp³-hybridized carbons (Fsp3) is 0.600. The Morgan fingerprint density at radius 2 is 2.16 bits per heavy atom. The summed E-state index contributed by atoms with van der Waals surface area (Å²) in [6.45, 7) is 6.54. The lowest BCUT2D eigenvalue weighted by molar-refractivity contribution is 0.120. The first-order valence-electron chi connectivity index (χ1n) is 6.89. The maximum Gasteiger partial charge on any atom is 0.139 e. The van der Waals surface area contributed by atoms with Crippen molar-refractivity contribution < 1.29 is 4.74 Å². The van der Waals surface area contributed by atoms with E-state index in [4.69, 9.17) is 27.9 Å². The van der Waals surface area contributed by atoms with Crippen LogP contribution >= 0.6 is 23.2 Å². The van der Waals surface area contributed by atoms with E-state index in [1.165, 1.54) is 0 Å². The first kappa shape index (κ1) is 15.0. The molecule has 1 fully saturated rings. The van der Waals surface area contributed by atoms with Gasteiger partial charge >= 0.3 is 0 Å². The Bertz CT molecular complexity index is 417. The highest BCUT2D eigenvalue weighted by molar-refractivity contribution is 6.42. The summed E-state index contributed by atoms with van der Waals surface area (Å²) in [6, 6.07) is 5.55. The fourth-order valence-corrected chi connectivity index (χ4v) is 2.87. The average molecular weight is 302 g/mol. The van der Waals surface area contributed by atoms with Crippen molar-refractivity contribution in [2.45, 2.75) is 32.8 Å². The molecule has 0 aromatic heterocycles. The molecule has 0 bridgehead atoms. The van der Waals surface area contributed by atoms with E-state index in [0.717, 1.165) is 25.9 Å². The Morgan fingerprint density at radius 1 is 1.37 bits per heavy atom. The zero-order valence-corrected chi connectivity index (χ0v) is 13.0. The van der Waals surface area contributed by atoms with Gasteiger partial charge in [0.15, 0.2) is 0 Å². The van der Waals surface area contributed by atoms with Gasteiger partial charge in [0, 0.05) is 12.5 Å². The van der Waals surface area contributed by atoms with Crippen LogP contribution in [0.4, 0.5) is 0 Å². The molecule has 2 nitrogen and oxygen atoms in total. The predicted molar refractivity (Wildman–Crippen MR) is 81.3 cm³/mol. The summed E-state index contributed by atoms with van der Waals surface area (Å²) >= 11 is 12.2. The zero-order valence-electron chi connectivity index (χ0n) is 11.5. The molecule has 1 aliphatic heterocycles. The van der Waals surface area contributed by atoms with E-state index in [2.05, 4.69) is 19.2 Å². The maximum absolute atomic E-state index is 6.21. The number of hydrogen-bond donors (Lipinski definition) is 1. The van der Waals surface area contributed by atoms with Crippen molar-refractivity contribution in [3.8, 4) is 5.75 Å². The van der Waals surface area contributed by atoms with Crippen molar-refractivity contribution >= 4 is 23.2 Å². The molecule has 19 heavy (non-hydrogen) atoms. The molecule has 0 unspecified atom stereocenters. The Labute approximate surface area is 125 Å². The summed E-state index contributed by atoms with van der Waals surface area (Å²) in [4.78, 5) is 0. The molecule has 1 heterocycles. The summed E-state index contributed by atoms with van der Waals surface area (Å²) < 4.78 is 6.16. The van der Waals surface area contributed by atoms with Gasteiger partial charge in [-0.1, -0.05) is 43.1 Å². The van der Waals surface area contributed by atoms with E-state index in [1.54, 1.807) is 6.07 Å². The third-order valence-electron chi connectivity index (χ3n) is 3.52. The standard InChI is InChI=1S/C15H21Cl2NO/c1-10(2)8-14(11-6-7-18-9-11)19-13-5-3-4-12(16)15(13)17/h3-5,10-11,14,18H,6-9H2,1-2H3/t11-,14+/m1/s1. The molecule has 0 radical (unpaired) electrons. The van der Waals surface area contributed by atoms with Crippen LogP contribution in [0, 0.1) is 11.8 Å². The second-order valence-corrected chi connectivity index (χ2v) is 6.38. The number of nitrogens with one attached hydrogen (secondary N) is 1. The molecule has 106 valence electrons. The van der Waals surface area contributed by atoms with E-state index in [1.807, 2.05) is 12.1 Å². The molecule has 0 saturated carbocycles. The minimum Gasteiger partial charge on any atom is -0.488 e. The van der Waals surface area contributed by atoms with Gasteiger partial charge in [0.2, 0.25) is 0 Å². The van der Waals surface area contributed by atoms with E-state index < -0.39 is 0 Å². The fourth-order valence-electron chi connectivity index (χ4n) is 2.53. The molecule has 1 saturated heterocycles. The van der Waals surface area contributed by atoms with Crippen molar-refractivity contribution in [2.24, 2.45) is 11.8 Å². The maximum atomic E-state index is 6.21. The lowest BCUT2D eigenvalue weighted by Gasteiger charge is -2.26. The Morgan fingerprint density at radius 3 is 2.79 bits per heavy atom. The molecule has 2 rings (SSSR count). The minimum absolute atomic E-state index is 0.200. The molecule has 1 aromatic rings. The number of benzene rings is 1. The lowest BCUT2D eigenvalue weighted by atomic mass is 9.93. The van der Waals surface area contributed by atoms with Gasteiger partial charge < -0.3 is 10.1 Å². The molecular weight excluding hydrogens is 281 g/mol. The van der Waals surface area contributed by atoms with Crippen LogP contribution in [0.3, 0.4) is 0 Å². The Balaban J connectivity index is 2.12. The Hall–Kier alpha value is -0.440. The number of rotatable bonds is 5. The highest BCUT2D eigenvalue weighted by atomic mass is 35.5. The van der Waals surface area contributed by atoms with Crippen LogP contribution in [-0.4, -0.2) is 19.2 Å². The highest BCUT2D eigenvalue weighted by Crippen LogP contribution is 2.34. The van der Waals surface area contributed by atoms with Crippen LogP contribution in [0.2, 0.25) is 10.0 Å². The predicted octanol–water partition coefficient (Wildman–Crippen LogP) is 4.40. The summed E-state index contributed by atoms with van der Waals surface area (Å²) in [5.74, 6) is 1.85. The highest BCUT2D eigenvalue weighted by Gasteiger charge is 2.27. The monoisotopic (exact) mass is 301 g/mol. The molecule has 1 aromatic carbocycles. The van der Waals surface area contributed by atoms with E-state index in [9.17, 15) is 0 Å². The molecule has 2 atom stereocenters. The van der Waals surface area contributed by atoms with Crippen molar-refractivity contribution in [1.82, 2.24) is 5.32 Å². The quantitative estimate of drug-likeness (QED) is 0.870. The number of ether oxygens (including phenoxy) is 1. The summed E-state index contributed by atoms with van der Waals surface area (Å²) in [7, 11) is 0. The van der Waals surface area contributed by atoms with Gasteiger partial charge in [-0.25, -0.2) is 0 Å². The molecule has 0 spiro atoms. The summed E-state index contributed by atoms with van der Waals surface area (Å²) in [5.41, 5.74) is 0. The third kappa shape index (κ3) is 4.01. The van der Waals surface area contributed by atoms with Crippen LogP contribution in [0.5, 0.6) is 5.75 Å². The summed E-state index contributed by atoms with van der Waals surface area (Å²) in [6.07, 6.45) is 2.40. The van der Waals surface area contributed by atoms with Crippen molar-refractivity contribution in [2.75, 3.05) is 13.1 Å². The van der Waals surface area contributed by atoms with E-state index in [0.29, 0.717) is 27.6 Å². The van der Waals surface area contributed by atoms with Crippen molar-refractivity contribution in [1.29, 1.82) is 0 Å². The zero-order chi connectivity index (χ0) is 13.8. The van der Waals surface area contributed by atoms with Crippen LogP contribution in [-0.2, 0) is 0 Å². The molecule has 1 aliphatic rings. The Kier molecular flexibility index (Phi) is 5.37. The van der Waals surface area contributed by atoms with Gasteiger partial charge in [0.1, 0.15) is 16.9 Å². The second kappa shape index (κ2) is 6.83. The third-order valence-corrected chi connectivity index (χ3v) is 4.32. The van der Waals surface area contributed by atoms with Crippen LogP contribution in [0.15, 0.2) is 18.2 Å². The smallest absolute Gasteiger partial charge is 0.139 e. The minimum atomic E-state index is 0.200. The first-order chi connectivity index (χ1) is 9.08. The van der Waals surface area contributed by atoms with Crippen LogP contribution in [0.25, 0.3) is 0 Å². The van der Waals surface area contributed by atoms with E-state index >= 15 is 0 Å². The van der Waals surface area contributed by atoms with Gasteiger partial charge in [0.05, 0.1) is 5.02 Å². The molecule has 0 aliphatic carbocycles. The van der Waals surface area contributed by atoms with E-state index in [-0.39, 0.29) is 6.10 Å². The van der Waals surface area contributed by atoms with Gasteiger partial charge in [-0.3, -0.25) is 0 Å². The second-order valence-electron chi connectivity index (χ2n) is 5.59. The lowest BCUT2D eigenvalue weighted by Crippen LogP contribution is -2.30. The molecular formula is C15H21Cl2NO. The molecule has 1 N–H and O–H groups in total. The van der Waals surface area contributed by atoms with Crippen LogP contribution in [0.1, 0.15) is 26.7 Å². The summed E-state index contributed by atoms with van der Waals surface area (Å²) in [5, 5.41) is 4.46. The van der Waals surface area contributed by atoms with Gasteiger partial charge in [0.25, 0.3) is 0 Å². The number of hydrogen-bond acceptors (Lipinski definition) is 2. The largest absolute Gasteiger partial charge is 0.488 e. The van der Waals surface area contributed by atoms with Crippen molar-refractivity contribution in [3.05, 3.63) is 28.2 Å². The normalized spacial score (nSPS) is 20.8. The van der Waals surface area contributed by atoms with Crippen LogP contribution < -0.4 is 10.1 Å². The topological polar surface area (TPSA) is 21.3 Å². The van der Waals surface area contributed by atoms with Gasteiger partial charge in [-0.05, 0) is 37.4 Å². The molecule has 4 heteroatoms. The van der Waals surface area contributed by atoms with Gasteiger partial charge in [-0.2, -0.15) is 0 Å². The average Bonchev–Trinajstić information content (AvgIpc) is 2.87. The SMILES string of the molecule is CC(C)C[C@H](Oc1cccc(Cl)c1Cl)[C@@H]1CCNC1. The number of halogens is 2. The van der Waals surface area contributed by atoms with Crippen molar-refractivity contribution in [3.63, 3.8) is 0 Å².